The molecule has 198 valence electrons. The van der Waals surface area contributed by atoms with E-state index in [1.165, 1.54) is 0 Å². The van der Waals surface area contributed by atoms with E-state index in [1.54, 1.807) is 15.5 Å². The maximum atomic E-state index is 13.9. The third kappa shape index (κ3) is 5.72. The summed E-state index contributed by atoms with van der Waals surface area (Å²) in [5.41, 5.74) is 2.85. The molecule has 1 N–H and O–H groups in total. The minimum absolute atomic E-state index is 0.169. The Morgan fingerprint density at radius 3 is 2.34 bits per heavy atom. The van der Waals surface area contributed by atoms with Gasteiger partial charge >= 0.3 is 6.03 Å². The average molecular weight is 513 g/mol. The highest BCUT2D eigenvalue weighted by atomic mass is 16.5. The van der Waals surface area contributed by atoms with Crippen LogP contribution in [0.15, 0.2) is 77.6 Å². The molecule has 0 saturated heterocycles. The lowest BCUT2D eigenvalue weighted by Gasteiger charge is -2.33. The Hall–Kier alpha value is -4.13. The standard InChI is InChI=1S/C31H36N4O3/c1-6-28(34(20-21(3)4)31(37)33-26-14-10-8-12-22(26)5)29-32-27-15-11-9-13-25(27)30(36)35(29)23-16-18-24(19-17-23)38-7-2/h8-19,21,28H,6-7,20H2,1-5H3,(H,33,37). The molecule has 4 rings (SSSR count). The Morgan fingerprint density at radius 1 is 1.00 bits per heavy atom. The number of nitrogens with zero attached hydrogens (tertiary/aromatic N) is 3. The molecule has 0 radical (unpaired) electrons. The molecule has 0 aliphatic carbocycles. The van der Waals surface area contributed by atoms with Gasteiger partial charge in [-0.1, -0.05) is 51.1 Å². The second-order valence-electron chi connectivity index (χ2n) is 9.77. The van der Waals surface area contributed by atoms with Crippen LogP contribution in [0.3, 0.4) is 0 Å². The van der Waals surface area contributed by atoms with Crippen LogP contribution in [0.5, 0.6) is 5.75 Å². The van der Waals surface area contributed by atoms with Crippen molar-refractivity contribution in [3.05, 3.63) is 94.5 Å². The topological polar surface area (TPSA) is 76.5 Å². The third-order valence-corrected chi connectivity index (χ3v) is 6.48. The number of urea groups is 1. The van der Waals surface area contributed by atoms with Gasteiger partial charge in [-0.05, 0) is 74.2 Å². The molecule has 7 nitrogen and oxygen atoms in total. The highest BCUT2D eigenvalue weighted by Crippen LogP contribution is 2.28. The summed E-state index contributed by atoms with van der Waals surface area (Å²) in [5.74, 6) is 1.46. The number of amides is 2. The Balaban J connectivity index is 1.87. The van der Waals surface area contributed by atoms with Gasteiger partial charge in [-0.3, -0.25) is 9.36 Å². The highest BCUT2D eigenvalue weighted by Gasteiger charge is 2.30. The largest absolute Gasteiger partial charge is 0.494 e. The molecule has 0 aliphatic rings. The van der Waals surface area contributed by atoms with E-state index < -0.39 is 6.04 Å². The zero-order valence-electron chi connectivity index (χ0n) is 22.8. The summed E-state index contributed by atoms with van der Waals surface area (Å²) < 4.78 is 7.25. The summed E-state index contributed by atoms with van der Waals surface area (Å²) in [4.78, 5) is 34.5. The molecule has 1 atom stereocenters. The number of rotatable bonds is 9. The Labute approximate surface area is 224 Å². The molecule has 1 aromatic heterocycles. The first-order valence-corrected chi connectivity index (χ1v) is 13.2. The van der Waals surface area contributed by atoms with E-state index in [1.807, 2.05) is 87.5 Å². The maximum absolute atomic E-state index is 13.9. The van der Waals surface area contributed by atoms with Crippen LogP contribution in [0.2, 0.25) is 0 Å². The van der Waals surface area contributed by atoms with E-state index in [0.717, 1.165) is 17.0 Å². The lowest BCUT2D eigenvalue weighted by Crippen LogP contribution is -2.42. The summed E-state index contributed by atoms with van der Waals surface area (Å²) >= 11 is 0. The first kappa shape index (κ1) is 26.9. The Kier molecular flexibility index (Phi) is 8.46. The molecule has 0 spiro atoms. The minimum Gasteiger partial charge on any atom is -0.494 e. The zero-order chi connectivity index (χ0) is 27.2. The van der Waals surface area contributed by atoms with Gasteiger partial charge in [0.25, 0.3) is 5.56 Å². The predicted molar refractivity (Wildman–Crippen MR) is 153 cm³/mol. The van der Waals surface area contributed by atoms with E-state index in [2.05, 4.69) is 19.2 Å². The van der Waals surface area contributed by atoms with E-state index in [-0.39, 0.29) is 17.5 Å². The van der Waals surface area contributed by atoms with Crippen molar-refractivity contribution in [1.29, 1.82) is 0 Å². The second kappa shape index (κ2) is 11.9. The van der Waals surface area contributed by atoms with Gasteiger partial charge in [0.05, 0.1) is 29.2 Å². The van der Waals surface area contributed by atoms with Crippen LogP contribution in [0, 0.1) is 12.8 Å². The van der Waals surface area contributed by atoms with Gasteiger partial charge in [0.2, 0.25) is 0 Å². The van der Waals surface area contributed by atoms with Crippen molar-refractivity contribution in [2.45, 2.75) is 47.1 Å². The maximum Gasteiger partial charge on any atom is 0.322 e. The van der Waals surface area contributed by atoms with Gasteiger partial charge in [-0.15, -0.1) is 0 Å². The molecular formula is C31H36N4O3. The van der Waals surface area contributed by atoms with Crippen LogP contribution in [0.4, 0.5) is 10.5 Å². The molecule has 3 aromatic carbocycles. The van der Waals surface area contributed by atoms with Crippen LogP contribution < -0.4 is 15.6 Å². The number of benzene rings is 3. The van der Waals surface area contributed by atoms with Gasteiger partial charge in [0, 0.05) is 12.2 Å². The molecule has 4 aromatic rings. The second-order valence-corrected chi connectivity index (χ2v) is 9.77. The number of aryl methyl sites for hydroxylation is 1. The summed E-state index contributed by atoms with van der Waals surface area (Å²) in [6, 6.07) is 21.8. The number of ether oxygens (including phenoxy) is 1. The smallest absolute Gasteiger partial charge is 0.322 e. The van der Waals surface area contributed by atoms with Crippen molar-refractivity contribution < 1.29 is 9.53 Å². The van der Waals surface area contributed by atoms with Gasteiger partial charge in [-0.25, -0.2) is 9.78 Å². The first-order valence-electron chi connectivity index (χ1n) is 13.2. The quantitative estimate of drug-likeness (QED) is 0.270. The van der Waals surface area contributed by atoms with Crippen LogP contribution in [0.25, 0.3) is 16.6 Å². The Bertz CT molecular complexity index is 1460. The minimum atomic E-state index is -0.440. The first-order chi connectivity index (χ1) is 18.3. The van der Waals surface area contributed by atoms with Crippen LogP contribution in [0.1, 0.15) is 51.5 Å². The lowest BCUT2D eigenvalue weighted by atomic mass is 10.1. The molecule has 2 amide bonds. The van der Waals surface area contributed by atoms with Crippen molar-refractivity contribution in [1.82, 2.24) is 14.5 Å². The molecule has 1 unspecified atom stereocenters. The van der Waals surface area contributed by atoms with Gasteiger partial charge in [-0.2, -0.15) is 0 Å². The summed E-state index contributed by atoms with van der Waals surface area (Å²) in [6.45, 7) is 11.1. The number of carbonyl (C=O) groups excluding carboxylic acids is 1. The van der Waals surface area contributed by atoms with Gasteiger partial charge < -0.3 is 15.0 Å². The molecule has 0 bridgehead atoms. The molecule has 38 heavy (non-hydrogen) atoms. The number of hydrogen-bond donors (Lipinski definition) is 1. The highest BCUT2D eigenvalue weighted by molar-refractivity contribution is 5.90. The third-order valence-electron chi connectivity index (χ3n) is 6.48. The molecule has 0 saturated carbocycles. The monoisotopic (exact) mass is 512 g/mol. The van der Waals surface area contributed by atoms with Crippen LogP contribution in [-0.2, 0) is 0 Å². The number of fused-ring (bicyclic) bond motifs is 1. The molecule has 0 aliphatic heterocycles. The zero-order valence-corrected chi connectivity index (χ0v) is 22.8. The van der Waals surface area contributed by atoms with Crippen molar-refractivity contribution >= 4 is 22.6 Å². The van der Waals surface area contributed by atoms with E-state index in [9.17, 15) is 9.59 Å². The number of aromatic nitrogens is 2. The van der Waals surface area contributed by atoms with Gasteiger partial charge in [0.15, 0.2) is 0 Å². The summed E-state index contributed by atoms with van der Waals surface area (Å²) in [5, 5.41) is 3.62. The summed E-state index contributed by atoms with van der Waals surface area (Å²) in [6.07, 6.45) is 0.579. The number of carbonyl (C=O) groups is 1. The molecule has 0 fully saturated rings. The van der Waals surface area contributed by atoms with Crippen LogP contribution >= 0.6 is 0 Å². The molecular weight excluding hydrogens is 476 g/mol. The fourth-order valence-electron chi connectivity index (χ4n) is 4.67. The normalized spacial score (nSPS) is 11.9. The average Bonchev–Trinajstić information content (AvgIpc) is 2.90. The van der Waals surface area contributed by atoms with E-state index >= 15 is 0 Å². The van der Waals surface area contributed by atoms with Crippen molar-refractivity contribution in [3.8, 4) is 11.4 Å². The number of nitrogens with one attached hydrogen (secondary N) is 1. The molecule has 7 heteroatoms. The lowest BCUT2D eigenvalue weighted by molar-refractivity contribution is 0.171. The van der Waals surface area contributed by atoms with Crippen molar-refractivity contribution in [2.75, 3.05) is 18.5 Å². The van der Waals surface area contributed by atoms with Crippen LogP contribution in [-0.4, -0.2) is 33.6 Å². The summed E-state index contributed by atoms with van der Waals surface area (Å²) in [7, 11) is 0. The SMILES string of the molecule is CCOc1ccc(-n2c(C(CC)N(CC(C)C)C(=O)Nc3ccccc3C)nc3ccccc3c2=O)cc1. The Morgan fingerprint density at radius 2 is 1.68 bits per heavy atom. The van der Waals surface area contributed by atoms with Crippen molar-refractivity contribution in [3.63, 3.8) is 0 Å². The number of anilines is 1. The van der Waals surface area contributed by atoms with E-state index in [0.29, 0.717) is 42.0 Å². The number of hydrogen-bond acceptors (Lipinski definition) is 4. The predicted octanol–water partition coefficient (Wildman–Crippen LogP) is 6.73. The molecule has 1 heterocycles. The fourth-order valence-corrected chi connectivity index (χ4v) is 4.67. The van der Waals surface area contributed by atoms with Crippen molar-refractivity contribution in [2.24, 2.45) is 5.92 Å². The van der Waals surface area contributed by atoms with E-state index in [4.69, 9.17) is 9.72 Å². The number of para-hydroxylation sites is 2. The van der Waals surface area contributed by atoms with Gasteiger partial charge in [0.1, 0.15) is 11.6 Å². The fraction of sp³-hybridized carbons (Fsp3) is 0.323.